The molecule has 0 amide bonds. The second-order valence-electron chi connectivity index (χ2n) is 6.32. The average molecular weight is 578 g/mol. The van der Waals surface area contributed by atoms with Crippen LogP contribution in [0.25, 0.3) is 6.08 Å². The van der Waals surface area contributed by atoms with Gasteiger partial charge in [0.1, 0.15) is 18.3 Å². The summed E-state index contributed by atoms with van der Waals surface area (Å²) < 4.78 is 51.1. The molecule has 0 spiro atoms. The molecule has 1 aliphatic rings. The van der Waals surface area contributed by atoms with E-state index in [0.29, 0.717) is 0 Å². The van der Waals surface area contributed by atoms with Crippen LogP contribution in [0.5, 0.6) is 0 Å². The van der Waals surface area contributed by atoms with Gasteiger partial charge in [0.2, 0.25) is 0 Å². The largest absolute Gasteiger partial charge is 1.00 e. The van der Waals surface area contributed by atoms with Gasteiger partial charge in [-0.1, -0.05) is 12.2 Å². The molecule has 0 bridgehead atoms. The van der Waals surface area contributed by atoms with Crippen LogP contribution in [0.3, 0.4) is 0 Å². The maximum absolute atomic E-state index is 12.1. The summed E-state index contributed by atoms with van der Waals surface area (Å²) in [7, 11) is -16.9. The van der Waals surface area contributed by atoms with Crippen molar-refractivity contribution in [3.05, 3.63) is 38.7 Å². The van der Waals surface area contributed by atoms with Crippen molar-refractivity contribution in [2.75, 3.05) is 13.2 Å². The quantitative estimate of drug-likeness (QED) is 0.0948. The second-order valence-corrected chi connectivity index (χ2v) is 10.7. The van der Waals surface area contributed by atoms with Gasteiger partial charge in [-0.3, -0.25) is 18.9 Å². The number of phosphoric acid groups is 3. The minimum atomic E-state index is -5.76. The van der Waals surface area contributed by atoms with E-state index in [2.05, 4.69) is 13.1 Å². The first kappa shape index (κ1) is 32.3. The van der Waals surface area contributed by atoms with Gasteiger partial charge in [-0.15, -0.1) is 0 Å². The molecule has 1 aromatic heterocycles. The number of phosphoric ester groups is 1. The Balaban J connectivity index is 0.00000578. The topological polar surface area (TPSA) is 290 Å². The van der Waals surface area contributed by atoms with Crippen molar-refractivity contribution in [3.8, 4) is 0 Å². The number of hydrogen-bond acceptors (Lipinski definition) is 12. The SMILES string of the molecule is NC/C=C/c1cn([C@@H]2O[C@H](COP(=O)(O)OP(=O)(O)OP(=O)(O)O)[C@@H](O)[C@H]2O)c(=O)[nH]c1=O.[K+]. The Morgan fingerprint density at radius 1 is 1.09 bits per heavy atom. The van der Waals surface area contributed by atoms with Crippen molar-refractivity contribution in [3.63, 3.8) is 0 Å². The van der Waals surface area contributed by atoms with E-state index in [1.807, 2.05) is 4.98 Å². The molecule has 1 fully saturated rings. The number of ether oxygens (including phenoxy) is 1. The maximum Gasteiger partial charge on any atom is 1.00 e. The Morgan fingerprint density at radius 2 is 1.71 bits per heavy atom. The van der Waals surface area contributed by atoms with E-state index in [0.717, 1.165) is 10.8 Å². The van der Waals surface area contributed by atoms with Crippen LogP contribution in [0.2, 0.25) is 0 Å². The molecule has 1 aliphatic heterocycles. The van der Waals surface area contributed by atoms with Crippen molar-refractivity contribution in [2.45, 2.75) is 24.5 Å². The molecule has 2 rings (SSSR count). The zero-order chi connectivity index (χ0) is 25.2. The first-order valence-electron chi connectivity index (χ1n) is 8.57. The molecule has 1 aromatic rings. The summed E-state index contributed by atoms with van der Waals surface area (Å²) in [6.45, 7) is -1.00. The minimum Gasteiger partial charge on any atom is -0.387 e. The molecular weight excluding hydrogens is 558 g/mol. The number of nitrogens with zero attached hydrogens (tertiary/aromatic N) is 1. The molecular formula is C12H20KN3O15P3+. The van der Waals surface area contributed by atoms with Gasteiger partial charge in [-0.05, 0) is 0 Å². The van der Waals surface area contributed by atoms with Gasteiger partial charge in [0, 0.05) is 12.7 Å². The minimum absolute atomic E-state index is 0. The van der Waals surface area contributed by atoms with Crippen LogP contribution in [-0.4, -0.2) is 70.8 Å². The summed E-state index contributed by atoms with van der Waals surface area (Å²) >= 11 is 0. The molecule has 0 saturated carbocycles. The fourth-order valence-electron chi connectivity index (χ4n) is 2.57. The predicted molar refractivity (Wildman–Crippen MR) is 105 cm³/mol. The van der Waals surface area contributed by atoms with Crippen molar-refractivity contribution < 1.29 is 113 Å². The third-order valence-corrected chi connectivity index (χ3v) is 7.66. The number of hydrogen-bond donors (Lipinski definition) is 8. The normalized spacial score (nSPS) is 26.7. The van der Waals surface area contributed by atoms with Gasteiger partial charge in [-0.25, -0.2) is 18.5 Å². The molecule has 6 atom stereocenters. The van der Waals surface area contributed by atoms with Crippen molar-refractivity contribution in [1.82, 2.24) is 9.55 Å². The number of aromatic amines is 1. The van der Waals surface area contributed by atoms with Crippen LogP contribution in [0.15, 0.2) is 21.9 Å². The number of aromatic nitrogens is 2. The van der Waals surface area contributed by atoms with Crippen LogP contribution in [0.1, 0.15) is 11.8 Å². The van der Waals surface area contributed by atoms with E-state index in [-0.39, 0.29) is 63.5 Å². The van der Waals surface area contributed by atoms with E-state index >= 15 is 0 Å². The number of aliphatic hydroxyl groups excluding tert-OH is 2. The van der Waals surface area contributed by atoms with Gasteiger partial charge in [-0.2, -0.15) is 8.62 Å². The second kappa shape index (κ2) is 12.7. The molecule has 188 valence electrons. The van der Waals surface area contributed by atoms with Gasteiger partial charge in [0.15, 0.2) is 6.23 Å². The number of nitrogens with one attached hydrogen (secondary N) is 1. The monoisotopic (exact) mass is 578 g/mol. The van der Waals surface area contributed by atoms with E-state index in [9.17, 15) is 38.4 Å². The van der Waals surface area contributed by atoms with Crippen LogP contribution in [0.4, 0.5) is 0 Å². The van der Waals surface area contributed by atoms with Crippen molar-refractivity contribution >= 4 is 29.5 Å². The van der Waals surface area contributed by atoms with E-state index in [1.165, 1.54) is 12.2 Å². The summed E-state index contributed by atoms with van der Waals surface area (Å²) in [5.41, 5.74) is 3.43. The van der Waals surface area contributed by atoms with Gasteiger partial charge < -0.3 is 40.3 Å². The molecule has 34 heavy (non-hydrogen) atoms. The van der Waals surface area contributed by atoms with Crippen LogP contribution in [0, 0.1) is 0 Å². The molecule has 18 nitrogen and oxygen atoms in total. The third kappa shape index (κ3) is 9.31. The van der Waals surface area contributed by atoms with E-state index in [1.54, 1.807) is 0 Å². The number of nitrogens with two attached hydrogens (primary N) is 1. The standard InChI is InChI=1S/C12H20N3O15P3.K/c13-3-1-2-6-4-15(12(19)14-10(6)18)11-9(17)8(16)7(28-11)5-27-32(23,24)30-33(25,26)29-31(20,21)22;/h1-2,4,7-9,11,16-17H,3,5,13H2,(H,23,24)(H,25,26)(H,14,18,19)(H2,20,21,22);/q;+1/b2-1+;/t7-,8-,9-,11-;/m1./s1. The molecule has 2 unspecified atom stereocenters. The first-order chi connectivity index (χ1) is 15.1. The summed E-state index contributed by atoms with van der Waals surface area (Å²) in [5.74, 6) is 0. The maximum atomic E-state index is 12.1. The zero-order valence-corrected chi connectivity index (χ0v) is 23.0. The summed E-state index contributed by atoms with van der Waals surface area (Å²) in [5, 5.41) is 20.3. The Kier molecular flexibility index (Phi) is 12.1. The molecule has 1 saturated heterocycles. The van der Waals surface area contributed by atoms with Crippen LogP contribution >= 0.6 is 23.5 Å². The molecule has 2 heterocycles. The molecule has 0 aliphatic carbocycles. The Morgan fingerprint density at radius 3 is 2.26 bits per heavy atom. The Bertz CT molecular complexity index is 1150. The number of aliphatic hydroxyl groups is 2. The average Bonchev–Trinajstić information content (AvgIpc) is 2.91. The van der Waals surface area contributed by atoms with Crippen LogP contribution < -0.4 is 68.4 Å². The smallest absolute Gasteiger partial charge is 0.387 e. The van der Waals surface area contributed by atoms with Gasteiger partial charge in [0.25, 0.3) is 5.56 Å². The summed E-state index contributed by atoms with van der Waals surface area (Å²) in [6, 6.07) is 0. The van der Waals surface area contributed by atoms with Gasteiger partial charge >= 0.3 is 80.5 Å². The van der Waals surface area contributed by atoms with E-state index < -0.39 is 65.9 Å². The predicted octanol–water partition coefficient (Wildman–Crippen LogP) is -5.52. The first-order valence-corrected chi connectivity index (χ1v) is 13.1. The third-order valence-electron chi connectivity index (χ3n) is 3.86. The molecule has 9 N–H and O–H groups in total. The van der Waals surface area contributed by atoms with Crippen molar-refractivity contribution in [1.29, 1.82) is 0 Å². The number of rotatable bonds is 10. The Labute approximate surface area is 232 Å². The number of H-pyrrole nitrogens is 1. The Hall–Kier alpha value is 0.306. The van der Waals surface area contributed by atoms with Crippen molar-refractivity contribution in [2.24, 2.45) is 5.73 Å². The fourth-order valence-corrected chi connectivity index (χ4v) is 5.60. The summed E-state index contributed by atoms with van der Waals surface area (Å²) in [6.07, 6.45) is -3.19. The van der Waals surface area contributed by atoms with Gasteiger partial charge in [0.05, 0.1) is 12.2 Å². The fraction of sp³-hybridized carbons (Fsp3) is 0.500. The summed E-state index contributed by atoms with van der Waals surface area (Å²) in [4.78, 5) is 61.4. The molecule has 0 aromatic carbocycles. The zero-order valence-electron chi connectivity index (χ0n) is 17.2. The van der Waals surface area contributed by atoms with Crippen LogP contribution in [-0.2, 0) is 31.6 Å². The molecule has 22 heteroatoms. The van der Waals surface area contributed by atoms with E-state index in [4.69, 9.17) is 25.2 Å². The molecule has 0 radical (unpaired) electrons.